The van der Waals surface area contributed by atoms with Crippen LogP contribution in [0.25, 0.3) is 0 Å². The van der Waals surface area contributed by atoms with Crippen LogP contribution in [0.15, 0.2) is 0 Å². The van der Waals surface area contributed by atoms with Gasteiger partial charge in [0.2, 0.25) is 0 Å². The van der Waals surface area contributed by atoms with Gasteiger partial charge in [0.15, 0.2) is 0 Å². The van der Waals surface area contributed by atoms with Crippen LogP contribution >= 0.6 is 0 Å². The van der Waals surface area contributed by atoms with Crippen molar-refractivity contribution in [2.24, 2.45) is 0 Å². The maximum absolute atomic E-state index is 13.7. The van der Waals surface area contributed by atoms with E-state index in [0.717, 1.165) is 128 Å². The SMILES string of the molecule is CCCCCCCCCCCCS(=O)(=O)[O][Sn]([O]S(=O)(=O)CCCCCCCCCCCC)([O]S(=O)(=O)CCCCCCCCCCCC)[O]S(=O)(=O)CCCCCCCCCCCC. The van der Waals surface area contributed by atoms with Crippen molar-refractivity contribution in [3.63, 3.8) is 0 Å². The predicted molar refractivity (Wildman–Crippen MR) is 273 cm³/mol. The van der Waals surface area contributed by atoms with Gasteiger partial charge >= 0.3 is 358 Å². The van der Waals surface area contributed by atoms with Crippen LogP contribution < -0.4 is 0 Å². The standard InChI is InChI=1S/4C12H26O3S.Sn/c4*1-2-3-4-5-6-7-8-9-10-11-12-16(13,14)15;/h4*2-12H2,1H3,(H,13,14,15);/q;;;;+4/p-4. The molecule has 0 N–H and O–H groups in total. The summed E-state index contributed by atoms with van der Waals surface area (Å²) in [4.78, 5) is 0. The van der Waals surface area contributed by atoms with Gasteiger partial charge < -0.3 is 0 Å². The summed E-state index contributed by atoms with van der Waals surface area (Å²) in [6, 6.07) is 0. The molecular weight excluding hydrogens is 1020 g/mol. The molecule has 0 bridgehead atoms. The van der Waals surface area contributed by atoms with Gasteiger partial charge in [-0.1, -0.05) is 53.4 Å². The molecule has 0 aromatic heterocycles. The number of hydrogen-bond donors (Lipinski definition) is 0. The van der Waals surface area contributed by atoms with Crippen molar-refractivity contribution in [1.29, 1.82) is 0 Å². The fourth-order valence-corrected chi connectivity index (χ4v) is 30.2. The van der Waals surface area contributed by atoms with Crippen molar-refractivity contribution >= 4 is 60.5 Å². The molecule has 0 atom stereocenters. The Labute approximate surface area is 408 Å². The van der Waals surface area contributed by atoms with Crippen molar-refractivity contribution < 1.29 is 43.8 Å². The van der Waals surface area contributed by atoms with Gasteiger partial charge in [-0.15, -0.1) is 0 Å². The number of hydrogen-bond acceptors (Lipinski definition) is 12. The summed E-state index contributed by atoms with van der Waals surface area (Å²) in [5.41, 5.74) is 0. The van der Waals surface area contributed by atoms with Crippen molar-refractivity contribution in [3.8, 4) is 0 Å². The summed E-state index contributed by atoms with van der Waals surface area (Å²) < 4.78 is 131. The van der Waals surface area contributed by atoms with Gasteiger partial charge in [-0.3, -0.25) is 0 Å². The van der Waals surface area contributed by atoms with Crippen LogP contribution in [-0.4, -0.2) is 76.7 Å². The molecule has 0 aliphatic heterocycles. The first-order valence-electron chi connectivity index (χ1n) is 26.8. The summed E-state index contributed by atoms with van der Waals surface area (Å²) in [7, 11) is -19.1. The monoisotopic (exact) mass is 1120 g/mol. The van der Waals surface area contributed by atoms with Crippen LogP contribution in [-0.2, 0) is 50.6 Å². The fourth-order valence-electron chi connectivity index (χ4n) is 7.94. The van der Waals surface area contributed by atoms with E-state index in [4.69, 9.17) is 10.1 Å². The minimum absolute atomic E-state index is 0.141. The zero-order valence-corrected chi connectivity index (χ0v) is 48.3. The van der Waals surface area contributed by atoms with Crippen molar-refractivity contribution in [2.45, 2.75) is 285 Å². The van der Waals surface area contributed by atoms with Crippen molar-refractivity contribution in [2.75, 3.05) is 23.0 Å². The van der Waals surface area contributed by atoms with Crippen molar-refractivity contribution in [1.82, 2.24) is 0 Å². The Morgan fingerprint density at radius 1 is 0.215 bits per heavy atom. The molecule has 0 aliphatic rings. The van der Waals surface area contributed by atoms with Crippen LogP contribution in [0.4, 0.5) is 0 Å². The van der Waals surface area contributed by atoms with Gasteiger partial charge in [-0.25, -0.2) is 0 Å². The van der Waals surface area contributed by atoms with Crippen LogP contribution in [0.5, 0.6) is 0 Å². The topological polar surface area (TPSA) is 173 Å². The summed E-state index contributed by atoms with van der Waals surface area (Å²) in [6.07, 6.45) is 37.1. The van der Waals surface area contributed by atoms with Gasteiger partial charge in [-0.05, 0) is 0 Å². The first kappa shape index (κ1) is 65.4. The second-order valence-corrected chi connectivity index (χ2v) is 33.9. The molecular formula is C48H100O12S4Sn. The Bertz CT molecular complexity index is 1290. The van der Waals surface area contributed by atoms with E-state index in [1.807, 2.05) is 0 Å². The van der Waals surface area contributed by atoms with Gasteiger partial charge in [0.25, 0.3) is 0 Å². The molecule has 0 aromatic rings. The van der Waals surface area contributed by atoms with E-state index < -0.39 is 83.5 Å². The molecule has 0 aromatic carbocycles. The molecule has 392 valence electrons. The van der Waals surface area contributed by atoms with E-state index in [1.54, 1.807) is 0 Å². The zero-order valence-electron chi connectivity index (χ0n) is 42.1. The average molecular weight is 1120 g/mol. The van der Waals surface area contributed by atoms with E-state index in [2.05, 4.69) is 27.7 Å². The molecule has 0 heterocycles. The van der Waals surface area contributed by atoms with E-state index in [-0.39, 0.29) is 25.7 Å². The summed E-state index contributed by atoms with van der Waals surface area (Å²) in [6.45, 7) is 8.69. The quantitative estimate of drug-likeness (QED) is 0.0417. The predicted octanol–water partition coefficient (Wildman–Crippen LogP) is 14.5. The second kappa shape index (κ2) is 42.1. The average Bonchev–Trinajstić information content (AvgIpc) is 3.22. The van der Waals surface area contributed by atoms with Gasteiger partial charge in [0.05, 0.1) is 0 Å². The molecule has 0 spiro atoms. The minimum Gasteiger partial charge on any atom is -0.0654 e. The van der Waals surface area contributed by atoms with Crippen LogP contribution in [0.1, 0.15) is 285 Å². The molecule has 0 saturated heterocycles. The molecule has 0 radical (unpaired) electrons. The molecule has 0 saturated carbocycles. The molecule has 12 nitrogen and oxygen atoms in total. The van der Waals surface area contributed by atoms with E-state index in [9.17, 15) is 33.7 Å². The second-order valence-electron chi connectivity index (χ2n) is 18.6. The van der Waals surface area contributed by atoms with E-state index in [1.165, 1.54) is 77.0 Å². The third-order valence-corrected chi connectivity index (χ3v) is 32.6. The van der Waals surface area contributed by atoms with Gasteiger partial charge in [0, 0.05) is 0 Å². The Kier molecular flexibility index (Phi) is 42.4. The first-order valence-corrected chi connectivity index (χ1v) is 37.8. The van der Waals surface area contributed by atoms with E-state index in [0.29, 0.717) is 25.7 Å². The molecule has 65 heavy (non-hydrogen) atoms. The normalized spacial score (nSPS) is 13.0. The third kappa shape index (κ3) is 43.0. The summed E-state index contributed by atoms with van der Waals surface area (Å²) in [5.74, 6) is -2.41. The summed E-state index contributed by atoms with van der Waals surface area (Å²) in [5, 5.41) is 0. The molecule has 0 amide bonds. The first-order chi connectivity index (χ1) is 31.1. The van der Waals surface area contributed by atoms with Gasteiger partial charge in [0.1, 0.15) is 0 Å². The fraction of sp³-hybridized carbons (Fsp3) is 1.00. The summed E-state index contributed by atoms with van der Waals surface area (Å²) >= 11 is -7.17. The number of rotatable bonds is 52. The van der Waals surface area contributed by atoms with Crippen molar-refractivity contribution in [3.05, 3.63) is 0 Å². The maximum atomic E-state index is 13.7. The molecule has 0 aliphatic carbocycles. The third-order valence-electron chi connectivity index (χ3n) is 11.9. The van der Waals surface area contributed by atoms with E-state index >= 15 is 0 Å². The molecule has 0 rings (SSSR count). The minimum atomic E-state index is -7.17. The Morgan fingerprint density at radius 2 is 0.338 bits per heavy atom. The molecule has 17 heteroatoms. The van der Waals surface area contributed by atoms with Gasteiger partial charge in [-0.2, -0.15) is 0 Å². The smallest absolute Gasteiger partial charge is 0.0654 e. The Hall–Kier alpha value is 0.439. The van der Waals surface area contributed by atoms with Crippen LogP contribution in [0, 0.1) is 0 Å². The van der Waals surface area contributed by atoms with Crippen LogP contribution in [0.2, 0.25) is 0 Å². The molecule has 0 unspecified atom stereocenters. The zero-order chi connectivity index (χ0) is 48.4. The Morgan fingerprint density at radius 3 is 0.477 bits per heavy atom. The number of unbranched alkanes of at least 4 members (excludes halogenated alkanes) is 36. The Balaban J connectivity index is 6.13. The molecule has 0 fully saturated rings. The van der Waals surface area contributed by atoms with Crippen LogP contribution in [0.3, 0.4) is 0 Å².